The van der Waals surface area contributed by atoms with Gasteiger partial charge in [-0.25, -0.2) is 0 Å². The fourth-order valence-electron chi connectivity index (χ4n) is 4.49. The number of benzene rings is 1. The maximum Gasteiger partial charge on any atom is 0.243 e. The van der Waals surface area contributed by atoms with Crippen LogP contribution in [0.5, 0.6) is 0 Å². The average Bonchev–Trinajstić information content (AvgIpc) is 3.03. The first-order valence-corrected chi connectivity index (χ1v) is 16.1. The van der Waals surface area contributed by atoms with Gasteiger partial charge in [0.05, 0.1) is 19.1 Å². The van der Waals surface area contributed by atoms with Crippen LogP contribution >= 0.6 is 0 Å². The first-order chi connectivity index (χ1) is 22.6. The first kappa shape index (κ1) is 41.5. The number of unbranched alkanes of at least 4 members (excludes halogenated alkanes) is 1. The molecule has 16 nitrogen and oxygen atoms in total. The maximum atomic E-state index is 13.3. The lowest BCUT2D eigenvalue weighted by atomic mass is 9.99. The largest absolute Gasteiger partial charge is 0.368 e. The van der Waals surface area contributed by atoms with Crippen molar-refractivity contribution in [1.29, 1.82) is 0 Å². The molecule has 7 amide bonds. The van der Waals surface area contributed by atoms with Crippen LogP contribution in [0.1, 0.15) is 59.4 Å². The van der Waals surface area contributed by atoms with Gasteiger partial charge in [-0.2, -0.15) is 0 Å². The lowest BCUT2D eigenvalue weighted by Crippen LogP contribution is -2.58. The van der Waals surface area contributed by atoms with Gasteiger partial charge in [0.25, 0.3) is 0 Å². The van der Waals surface area contributed by atoms with E-state index in [1.165, 1.54) is 6.92 Å². The van der Waals surface area contributed by atoms with E-state index in [1.54, 1.807) is 58.0 Å². The number of carbonyl (C=O) groups is 7. The summed E-state index contributed by atoms with van der Waals surface area (Å²) in [6.07, 6.45) is 1.87. The summed E-state index contributed by atoms with van der Waals surface area (Å²) in [6.45, 7) is 7.81. The molecule has 1 aromatic rings. The molecular weight excluding hydrogens is 622 g/mol. The van der Waals surface area contributed by atoms with Gasteiger partial charge >= 0.3 is 0 Å². The van der Waals surface area contributed by atoms with Crippen LogP contribution < -0.4 is 49.1 Å². The Morgan fingerprint density at radius 2 is 1.25 bits per heavy atom. The molecule has 0 heterocycles. The molecule has 12 N–H and O–H groups in total. The van der Waals surface area contributed by atoms with Crippen molar-refractivity contribution in [3.05, 3.63) is 35.9 Å². The minimum absolute atomic E-state index is 0.0880. The number of primary amides is 1. The van der Waals surface area contributed by atoms with Gasteiger partial charge in [-0.3, -0.25) is 33.6 Å². The van der Waals surface area contributed by atoms with Crippen LogP contribution in [-0.4, -0.2) is 91.2 Å². The van der Waals surface area contributed by atoms with Crippen LogP contribution in [0.2, 0.25) is 0 Å². The molecule has 48 heavy (non-hydrogen) atoms. The molecule has 0 spiro atoms. The molecule has 16 heteroatoms. The minimum Gasteiger partial charge on any atom is -0.368 e. The normalized spacial score (nSPS) is 14.1. The second-order valence-corrected chi connectivity index (χ2v) is 12.3. The number of nitrogens with two attached hydrogens (primary N) is 3. The molecule has 268 valence electrons. The summed E-state index contributed by atoms with van der Waals surface area (Å²) in [4.78, 5) is 88.4. The van der Waals surface area contributed by atoms with Gasteiger partial charge in [0, 0.05) is 6.42 Å². The van der Waals surface area contributed by atoms with Crippen molar-refractivity contribution in [1.82, 2.24) is 31.9 Å². The lowest BCUT2D eigenvalue weighted by Gasteiger charge is -2.27. The van der Waals surface area contributed by atoms with Crippen LogP contribution in [0.25, 0.3) is 0 Å². The van der Waals surface area contributed by atoms with Crippen molar-refractivity contribution in [2.45, 2.75) is 90.5 Å². The van der Waals surface area contributed by atoms with Crippen molar-refractivity contribution in [2.24, 2.45) is 29.0 Å². The Labute approximate surface area is 281 Å². The highest BCUT2D eigenvalue weighted by atomic mass is 16.2. The van der Waals surface area contributed by atoms with Gasteiger partial charge < -0.3 is 49.1 Å². The molecule has 0 saturated heterocycles. The standard InChI is InChI=1S/C32H53N9O7/c1-18(2)26(31(47)36-16-24(35)42)41-32(48)27(19(3)4)40-25(43)17-37-30(46)23(15-21-11-7-6-8-12-21)39-28(44)20(5)38-29(45)22(34)13-9-10-14-33/h6-8,11-12,18-20,22-23,26-27H,9-10,13-17,33-34H2,1-5H3,(H2,35,42)(H,36,47)(H,37,46)(H,38,45)(H,39,44)(H,40,43)(H,41,48)/t20-,22+,23+,26+,27+/m1/s1. The molecule has 0 aromatic heterocycles. The molecule has 0 saturated carbocycles. The molecule has 0 unspecified atom stereocenters. The van der Waals surface area contributed by atoms with Crippen molar-refractivity contribution in [3.63, 3.8) is 0 Å². The van der Waals surface area contributed by atoms with Gasteiger partial charge in [-0.05, 0) is 43.7 Å². The summed E-state index contributed by atoms with van der Waals surface area (Å²) in [7, 11) is 0. The fourth-order valence-corrected chi connectivity index (χ4v) is 4.49. The van der Waals surface area contributed by atoms with Gasteiger partial charge in [-0.15, -0.1) is 0 Å². The third-order valence-corrected chi connectivity index (χ3v) is 7.35. The summed E-state index contributed by atoms with van der Waals surface area (Å²) in [5, 5.41) is 15.2. The zero-order valence-electron chi connectivity index (χ0n) is 28.5. The zero-order valence-corrected chi connectivity index (χ0v) is 28.5. The molecule has 1 rings (SSSR count). The van der Waals surface area contributed by atoms with Gasteiger partial charge in [-0.1, -0.05) is 64.4 Å². The maximum absolute atomic E-state index is 13.3. The van der Waals surface area contributed by atoms with Crippen molar-refractivity contribution in [2.75, 3.05) is 19.6 Å². The van der Waals surface area contributed by atoms with Gasteiger partial charge in [0.15, 0.2) is 0 Å². The molecule has 0 aliphatic carbocycles. The van der Waals surface area contributed by atoms with Crippen LogP contribution in [0, 0.1) is 11.8 Å². The highest BCUT2D eigenvalue weighted by Gasteiger charge is 2.31. The molecule has 5 atom stereocenters. The van der Waals surface area contributed by atoms with E-state index in [0.29, 0.717) is 25.8 Å². The van der Waals surface area contributed by atoms with E-state index in [0.717, 1.165) is 5.56 Å². The second kappa shape index (κ2) is 21.3. The summed E-state index contributed by atoms with van der Waals surface area (Å²) in [5.41, 5.74) is 17.2. The van der Waals surface area contributed by atoms with Crippen LogP contribution in [-0.2, 0) is 40.0 Å². The predicted molar refractivity (Wildman–Crippen MR) is 179 cm³/mol. The van der Waals surface area contributed by atoms with Crippen molar-refractivity contribution >= 4 is 41.4 Å². The molecule has 0 aliphatic rings. The smallest absolute Gasteiger partial charge is 0.243 e. The van der Waals surface area contributed by atoms with E-state index in [9.17, 15) is 33.6 Å². The Kier molecular flexibility index (Phi) is 18.4. The molecule has 0 radical (unpaired) electrons. The highest BCUT2D eigenvalue weighted by molar-refractivity contribution is 5.96. The monoisotopic (exact) mass is 675 g/mol. The van der Waals surface area contributed by atoms with Crippen molar-refractivity contribution in [3.8, 4) is 0 Å². The van der Waals surface area contributed by atoms with Crippen LogP contribution in [0.15, 0.2) is 30.3 Å². The number of hydrogen-bond donors (Lipinski definition) is 9. The van der Waals surface area contributed by atoms with Gasteiger partial charge in [0.1, 0.15) is 24.2 Å². The predicted octanol–water partition coefficient (Wildman–Crippen LogP) is -2.33. The Morgan fingerprint density at radius 1 is 0.667 bits per heavy atom. The number of nitrogens with one attached hydrogen (secondary N) is 6. The fraction of sp³-hybridized carbons (Fsp3) is 0.594. The summed E-state index contributed by atoms with van der Waals surface area (Å²) < 4.78 is 0. The Morgan fingerprint density at radius 3 is 1.81 bits per heavy atom. The Hall–Kier alpha value is -4.57. The summed E-state index contributed by atoms with van der Waals surface area (Å²) >= 11 is 0. The zero-order chi connectivity index (χ0) is 36.4. The Balaban J connectivity index is 2.91. The molecule has 1 aromatic carbocycles. The topological polar surface area (TPSA) is 270 Å². The Bertz CT molecular complexity index is 1240. The number of hydrogen-bond acceptors (Lipinski definition) is 9. The van der Waals surface area contributed by atoms with Crippen LogP contribution in [0.4, 0.5) is 0 Å². The third kappa shape index (κ3) is 15.3. The number of rotatable bonds is 21. The molecule has 0 bridgehead atoms. The van der Waals surface area contributed by atoms with E-state index in [2.05, 4.69) is 31.9 Å². The van der Waals surface area contributed by atoms with E-state index < -0.39 is 90.6 Å². The van der Waals surface area contributed by atoms with E-state index in [4.69, 9.17) is 17.2 Å². The third-order valence-electron chi connectivity index (χ3n) is 7.35. The molecule has 0 aliphatic heterocycles. The summed E-state index contributed by atoms with van der Waals surface area (Å²) in [5.74, 6) is -5.24. The molecule has 0 fully saturated rings. The highest BCUT2D eigenvalue weighted by Crippen LogP contribution is 2.08. The van der Waals surface area contributed by atoms with E-state index >= 15 is 0 Å². The number of amides is 7. The first-order valence-electron chi connectivity index (χ1n) is 16.1. The van der Waals surface area contributed by atoms with Crippen LogP contribution in [0.3, 0.4) is 0 Å². The molecular formula is C32H53N9O7. The van der Waals surface area contributed by atoms with E-state index in [1.807, 2.05) is 0 Å². The van der Waals surface area contributed by atoms with Gasteiger partial charge in [0.2, 0.25) is 41.4 Å². The summed E-state index contributed by atoms with van der Waals surface area (Å²) in [6, 6.07) is 3.89. The average molecular weight is 676 g/mol. The van der Waals surface area contributed by atoms with Crippen molar-refractivity contribution < 1.29 is 33.6 Å². The lowest BCUT2D eigenvalue weighted by molar-refractivity contribution is -0.134. The SMILES string of the molecule is CC(C)[C@H](NC(=O)CNC(=O)[C@H](Cc1ccccc1)NC(=O)[C@@H](C)NC(=O)[C@@H](N)CCCCN)C(=O)N[C@H](C(=O)NCC(N)=O)C(C)C. The second-order valence-electron chi connectivity index (χ2n) is 12.3. The quantitative estimate of drug-likeness (QED) is 0.0632. The minimum atomic E-state index is -1.11. The van der Waals surface area contributed by atoms with E-state index in [-0.39, 0.29) is 12.3 Å². The number of carbonyl (C=O) groups excluding carboxylic acids is 7.